The lowest BCUT2D eigenvalue weighted by Crippen LogP contribution is -2.49. The van der Waals surface area contributed by atoms with E-state index in [4.69, 9.17) is 4.74 Å². The Balaban J connectivity index is 2.59. The maximum Gasteiger partial charge on any atom is 0.256 e. The van der Waals surface area contributed by atoms with Crippen LogP contribution in [0.5, 0.6) is 5.75 Å². The van der Waals surface area contributed by atoms with Gasteiger partial charge >= 0.3 is 0 Å². The lowest BCUT2D eigenvalue weighted by molar-refractivity contribution is -0.126. The van der Waals surface area contributed by atoms with E-state index in [1.807, 2.05) is 29.0 Å². The average Bonchev–Trinajstić information content (AvgIpc) is 2.44. The van der Waals surface area contributed by atoms with Crippen molar-refractivity contribution < 1.29 is 22.7 Å². The van der Waals surface area contributed by atoms with E-state index in [1.165, 1.54) is 18.7 Å². The molecule has 9 heteroatoms. The Hall–Kier alpha value is -1.74. The predicted molar refractivity (Wildman–Crippen MR) is 89.7 cm³/mol. The largest absolute Gasteiger partial charge is 0.497 e. The zero-order valence-corrected chi connectivity index (χ0v) is 14.8. The molecule has 0 saturated carbocycles. The van der Waals surface area contributed by atoms with Crippen LogP contribution in [-0.2, 0) is 25.4 Å². The molecule has 0 heterocycles. The van der Waals surface area contributed by atoms with Gasteiger partial charge in [-0.1, -0.05) is 12.1 Å². The second-order valence-electron chi connectivity index (χ2n) is 4.85. The smallest absolute Gasteiger partial charge is 0.256 e. The average molecular weight is 360 g/mol. The molecule has 23 heavy (non-hydrogen) atoms. The summed E-state index contributed by atoms with van der Waals surface area (Å²) in [5, 5.41) is 2.45. The van der Waals surface area contributed by atoms with E-state index in [0.29, 0.717) is 5.75 Å². The number of carbonyl (C=O) groups excluding carboxylic acids is 2. The predicted octanol–water partition coefficient (Wildman–Crippen LogP) is 0.509. The molecule has 0 radical (unpaired) electrons. The lowest BCUT2D eigenvalue weighted by Gasteiger charge is -2.16. The molecule has 1 aromatic carbocycles. The third-order valence-corrected chi connectivity index (χ3v) is 4.37. The van der Waals surface area contributed by atoms with Crippen LogP contribution in [0.15, 0.2) is 24.3 Å². The Bertz CT molecular complexity index is 644. The Labute approximate surface area is 140 Å². The summed E-state index contributed by atoms with van der Waals surface area (Å²) in [6.07, 6.45) is 0.889. The first kappa shape index (κ1) is 19.3. The standard InChI is InChI=1S/C14H20N2O5S2/c1-10(17)15-13(14(18)16-23(3,19)20)9-22-8-11-4-6-12(21-2)7-5-11/h4-7,13H,8-9H2,1-3H3,(H,15,17)(H,16,18)/t13-/m0/s1. The molecule has 0 aromatic heterocycles. The summed E-state index contributed by atoms with van der Waals surface area (Å²) in [6.45, 7) is 1.27. The fraction of sp³-hybridized carbons (Fsp3) is 0.429. The van der Waals surface area contributed by atoms with Gasteiger partial charge in [-0.15, -0.1) is 0 Å². The van der Waals surface area contributed by atoms with E-state index >= 15 is 0 Å². The molecule has 0 aliphatic carbocycles. The molecule has 0 aliphatic rings. The number of benzene rings is 1. The van der Waals surface area contributed by atoms with Gasteiger partial charge in [-0.25, -0.2) is 8.42 Å². The van der Waals surface area contributed by atoms with Crippen LogP contribution in [0.3, 0.4) is 0 Å². The number of amides is 2. The number of hydrogen-bond acceptors (Lipinski definition) is 6. The summed E-state index contributed by atoms with van der Waals surface area (Å²) in [6, 6.07) is 6.55. The van der Waals surface area contributed by atoms with Crippen LogP contribution in [0.4, 0.5) is 0 Å². The van der Waals surface area contributed by atoms with E-state index in [0.717, 1.165) is 17.6 Å². The summed E-state index contributed by atoms with van der Waals surface area (Å²) >= 11 is 1.41. The topological polar surface area (TPSA) is 102 Å². The maximum absolute atomic E-state index is 11.9. The molecule has 2 N–H and O–H groups in total. The molecule has 0 unspecified atom stereocenters. The molecule has 2 amide bonds. The van der Waals surface area contributed by atoms with E-state index in [2.05, 4.69) is 5.32 Å². The zero-order chi connectivity index (χ0) is 17.5. The lowest BCUT2D eigenvalue weighted by atomic mass is 10.2. The van der Waals surface area contributed by atoms with Gasteiger partial charge in [0.1, 0.15) is 11.8 Å². The molecule has 128 valence electrons. The normalized spacial score (nSPS) is 12.3. The van der Waals surface area contributed by atoms with Crippen LogP contribution in [0.2, 0.25) is 0 Å². The SMILES string of the molecule is COc1ccc(CSC[C@H](NC(C)=O)C(=O)NS(C)(=O)=O)cc1. The highest BCUT2D eigenvalue weighted by molar-refractivity contribution is 7.98. The maximum atomic E-state index is 11.9. The zero-order valence-electron chi connectivity index (χ0n) is 13.2. The highest BCUT2D eigenvalue weighted by Crippen LogP contribution is 2.17. The number of rotatable bonds is 8. The number of methoxy groups -OCH3 is 1. The van der Waals surface area contributed by atoms with Crippen LogP contribution in [0.1, 0.15) is 12.5 Å². The highest BCUT2D eigenvalue weighted by atomic mass is 32.2. The van der Waals surface area contributed by atoms with Crippen molar-refractivity contribution in [2.24, 2.45) is 0 Å². The molecule has 0 aliphatic heterocycles. The van der Waals surface area contributed by atoms with Gasteiger partial charge in [-0.3, -0.25) is 14.3 Å². The fourth-order valence-corrected chi connectivity index (χ4v) is 3.22. The summed E-state index contributed by atoms with van der Waals surface area (Å²) in [5.74, 6) is 0.482. The van der Waals surface area contributed by atoms with Crippen molar-refractivity contribution in [3.05, 3.63) is 29.8 Å². The first-order valence-electron chi connectivity index (χ1n) is 6.70. The second-order valence-corrected chi connectivity index (χ2v) is 7.63. The minimum absolute atomic E-state index is 0.257. The van der Waals surface area contributed by atoms with Gasteiger partial charge in [0.05, 0.1) is 13.4 Å². The second kappa shape index (κ2) is 8.78. The van der Waals surface area contributed by atoms with Crippen LogP contribution < -0.4 is 14.8 Å². The minimum atomic E-state index is -3.66. The van der Waals surface area contributed by atoms with Gasteiger partial charge in [0, 0.05) is 18.4 Å². The summed E-state index contributed by atoms with van der Waals surface area (Å²) in [5.41, 5.74) is 1.03. The molecular formula is C14H20N2O5S2. The van der Waals surface area contributed by atoms with Gasteiger partial charge in [-0.05, 0) is 17.7 Å². The van der Waals surface area contributed by atoms with E-state index in [-0.39, 0.29) is 5.75 Å². The van der Waals surface area contributed by atoms with E-state index in [1.54, 1.807) is 7.11 Å². The van der Waals surface area contributed by atoms with Crippen molar-refractivity contribution in [3.8, 4) is 5.75 Å². The number of thioether (sulfide) groups is 1. The van der Waals surface area contributed by atoms with Crippen LogP contribution in [-0.4, -0.2) is 45.4 Å². The molecule has 0 spiro atoms. The van der Waals surface area contributed by atoms with Gasteiger partial charge in [0.25, 0.3) is 5.91 Å². The Morgan fingerprint density at radius 3 is 2.35 bits per heavy atom. The van der Waals surface area contributed by atoms with Crippen LogP contribution >= 0.6 is 11.8 Å². The molecule has 0 saturated heterocycles. The molecule has 7 nitrogen and oxygen atoms in total. The summed E-state index contributed by atoms with van der Waals surface area (Å²) in [7, 11) is -2.08. The van der Waals surface area contributed by atoms with Crippen molar-refractivity contribution in [2.45, 2.75) is 18.7 Å². The number of carbonyl (C=O) groups is 2. The van der Waals surface area contributed by atoms with Crippen LogP contribution in [0, 0.1) is 0 Å². The molecule has 0 bridgehead atoms. The molecule has 1 atom stereocenters. The summed E-state index contributed by atoms with van der Waals surface area (Å²) in [4.78, 5) is 23.0. The Kier molecular flexibility index (Phi) is 7.37. The van der Waals surface area contributed by atoms with Gasteiger partial charge in [0.2, 0.25) is 15.9 Å². The van der Waals surface area contributed by atoms with E-state index in [9.17, 15) is 18.0 Å². The van der Waals surface area contributed by atoms with Crippen molar-refractivity contribution in [3.63, 3.8) is 0 Å². The fourth-order valence-electron chi connectivity index (χ4n) is 1.70. The van der Waals surface area contributed by atoms with Gasteiger partial charge in [-0.2, -0.15) is 11.8 Å². The number of hydrogen-bond donors (Lipinski definition) is 2. The third kappa shape index (κ3) is 7.89. The minimum Gasteiger partial charge on any atom is -0.497 e. The Morgan fingerprint density at radius 2 is 1.87 bits per heavy atom. The summed E-state index contributed by atoms with van der Waals surface area (Å²) < 4.78 is 29.2. The van der Waals surface area contributed by atoms with Crippen molar-refractivity contribution in [2.75, 3.05) is 19.1 Å². The number of ether oxygens (including phenoxy) is 1. The molecule has 1 rings (SSSR count). The first-order valence-corrected chi connectivity index (χ1v) is 9.75. The van der Waals surface area contributed by atoms with Crippen molar-refractivity contribution in [1.82, 2.24) is 10.0 Å². The van der Waals surface area contributed by atoms with Gasteiger partial charge in [0.15, 0.2) is 0 Å². The molecule has 1 aromatic rings. The van der Waals surface area contributed by atoms with Crippen LogP contribution in [0.25, 0.3) is 0 Å². The van der Waals surface area contributed by atoms with Crippen molar-refractivity contribution >= 4 is 33.6 Å². The monoisotopic (exact) mass is 360 g/mol. The van der Waals surface area contributed by atoms with Gasteiger partial charge < -0.3 is 10.1 Å². The van der Waals surface area contributed by atoms with E-state index < -0.39 is 27.9 Å². The third-order valence-electron chi connectivity index (χ3n) is 2.69. The molecular weight excluding hydrogens is 340 g/mol. The number of nitrogens with one attached hydrogen (secondary N) is 2. The highest BCUT2D eigenvalue weighted by Gasteiger charge is 2.22. The number of sulfonamides is 1. The van der Waals surface area contributed by atoms with Crippen molar-refractivity contribution in [1.29, 1.82) is 0 Å². The molecule has 0 fully saturated rings. The first-order chi connectivity index (χ1) is 10.7. The quantitative estimate of drug-likeness (QED) is 0.700. The Morgan fingerprint density at radius 1 is 1.26 bits per heavy atom.